The van der Waals surface area contributed by atoms with Crippen molar-refractivity contribution in [2.24, 2.45) is 0 Å². The predicted octanol–water partition coefficient (Wildman–Crippen LogP) is 2.74. The summed E-state index contributed by atoms with van der Waals surface area (Å²) in [5.41, 5.74) is 0.751. The molecule has 5 nitrogen and oxygen atoms in total. The van der Waals surface area contributed by atoms with Crippen molar-refractivity contribution in [2.45, 2.75) is 19.9 Å². The van der Waals surface area contributed by atoms with Gasteiger partial charge in [-0.2, -0.15) is 0 Å². The summed E-state index contributed by atoms with van der Waals surface area (Å²) in [6.07, 6.45) is 3.27. The third-order valence-corrected chi connectivity index (χ3v) is 3.36. The number of hydrogen-bond acceptors (Lipinski definition) is 3. The van der Waals surface area contributed by atoms with Crippen LogP contribution in [0.15, 0.2) is 42.7 Å². The van der Waals surface area contributed by atoms with E-state index in [4.69, 9.17) is 0 Å². The van der Waals surface area contributed by atoms with Gasteiger partial charge in [0, 0.05) is 44.9 Å². The molecule has 1 aromatic heterocycles. The molecule has 0 bridgehead atoms. The Morgan fingerprint density at radius 3 is 2.67 bits per heavy atom. The van der Waals surface area contributed by atoms with Crippen molar-refractivity contribution < 1.29 is 18.4 Å². The third-order valence-electron chi connectivity index (χ3n) is 3.36. The first kappa shape index (κ1) is 17.5. The Morgan fingerprint density at radius 2 is 2.04 bits per heavy atom. The van der Waals surface area contributed by atoms with Crippen molar-refractivity contribution in [3.63, 3.8) is 0 Å². The second-order valence-corrected chi connectivity index (χ2v) is 5.22. The number of carbonyl (C=O) groups excluding carboxylic acids is 2. The van der Waals surface area contributed by atoms with Crippen LogP contribution in [-0.4, -0.2) is 28.2 Å². The molecule has 2 aromatic rings. The molecule has 0 spiro atoms. The highest BCUT2D eigenvalue weighted by atomic mass is 19.1. The van der Waals surface area contributed by atoms with Crippen molar-refractivity contribution in [2.75, 3.05) is 11.9 Å². The smallest absolute Gasteiger partial charge is 0.226 e. The third kappa shape index (κ3) is 5.12. The Morgan fingerprint density at radius 1 is 1.25 bits per heavy atom. The van der Waals surface area contributed by atoms with Gasteiger partial charge in [0.1, 0.15) is 11.6 Å². The van der Waals surface area contributed by atoms with E-state index in [0.29, 0.717) is 12.6 Å². The van der Waals surface area contributed by atoms with Crippen LogP contribution in [0.25, 0.3) is 0 Å². The summed E-state index contributed by atoms with van der Waals surface area (Å²) in [4.78, 5) is 29.1. The summed E-state index contributed by atoms with van der Waals surface area (Å²) in [5.74, 6) is -2.20. The lowest BCUT2D eigenvalue weighted by atomic mass is 10.2. The summed E-state index contributed by atoms with van der Waals surface area (Å²) >= 11 is 0. The van der Waals surface area contributed by atoms with Crippen LogP contribution in [-0.2, 0) is 16.1 Å². The first-order valence-electron chi connectivity index (χ1n) is 7.35. The fourth-order valence-electron chi connectivity index (χ4n) is 2.10. The molecule has 0 aliphatic carbocycles. The van der Waals surface area contributed by atoms with Crippen molar-refractivity contribution >= 4 is 17.5 Å². The van der Waals surface area contributed by atoms with Gasteiger partial charge in [-0.05, 0) is 23.8 Å². The quantitative estimate of drug-likeness (QED) is 0.884. The van der Waals surface area contributed by atoms with Gasteiger partial charge in [0.05, 0.1) is 5.69 Å². The van der Waals surface area contributed by atoms with Crippen LogP contribution < -0.4 is 5.32 Å². The largest absolute Gasteiger partial charge is 0.338 e. The van der Waals surface area contributed by atoms with Gasteiger partial charge < -0.3 is 10.2 Å². The maximum absolute atomic E-state index is 13.5. The first-order valence-corrected chi connectivity index (χ1v) is 7.35. The summed E-state index contributed by atoms with van der Waals surface area (Å²) < 4.78 is 26.3. The fraction of sp³-hybridized carbons (Fsp3) is 0.235. The number of amides is 2. The van der Waals surface area contributed by atoms with Crippen molar-refractivity contribution in [3.8, 4) is 0 Å². The minimum atomic E-state index is -0.845. The van der Waals surface area contributed by atoms with Crippen LogP contribution in [0.4, 0.5) is 14.5 Å². The molecule has 0 unspecified atom stereocenters. The van der Waals surface area contributed by atoms with E-state index in [9.17, 15) is 18.4 Å². The molecule has 24 heavy (non-hydrogen) atoms. The average Bonchev–Trinajstić information content (AvgIpc) is 2.55. The lowest BCUT2D eigenvalue weighted by molar-refractivity contribution is -0.129. The van der Waals surface area contributed by atoms with Gasteiger partial charge in [-0.1, -0.05) is 6.07 Å². The van der Waals surface area contributed by atoms with Crippen LogP contribution in [0.3, 0.4) is 0 Å². The topological polar surface area (TPSA) is 62.3 Å². The molecule has 0 fully saturated rings. The number of halogens is 2. The van der Waals surface area contributed by atoms with E-state index in [1.54, 1.807) is 18.5 Å². The maximum atomic E-state index is 13.5. The normalized spacial score (nSPS) is 10.3. The minimum Gasteiger partial charge on any atom is -0.338 e. The average molecular weight is 333 g/mol. The molecule has 126 valence electrons. The molecule has 0 saturated heterocycles. The molecular weight excluding hydrogens is 316 g/mol. The lowest BCUT2D eigenvalue weighted by Gasteiger charge is -2.20. The number of pyridine rings is 1. The van der Waals surface area contributed by atoms with Gasteiger partial charge in [-0.15, -0.1) is 0 Å². The first-order chi connectivity index (χ1) is 11.5. The number of rotatable bonds is 6. The zero-order valence-corrected chi connectivity index (χ0v) is 13.1. The van der Waals surface area contributed by atoms with Gasteiger partial charge in [0.15, 0.2) is 0 Å². The number of anilines is 1. The second-order valence-electron chi connectivity index (χ2n) is 5.22. The Kier molecular flexibility index (Phi) is 5.95. The highest BCUT2D eigenvalue weighted by molar-refractivity contribution is 5.91. The Hall–Kier alpha value is -2.83. The number of aromatic nitrogens is 1. The summed E-state index contributed by atoms with van der Waals surface area (Å²) in [6.45, 7) is 1.92. The molecule has 0 aliphatic rings. The van der Waals surface area contributed by atoms with E-state index in [1.165, 1.54) is 11.8 Å². The van der Waals surface area contributed by atoms with Crippen LogP contribution in [0.1, 0.15) is 18.9 Å². The summed E-state index contributed by atoms with van der Waals surface area (Å²) in [7, 11) is 0. The predicted molar refractivity (Wildman–Crippen MR) is 84.9 cm³/mol. The zero-order valence-electron chi connectivity index (χ0n) is 13.1. The monoisotopic (exact) mass is 333 g/mol. The molecule has 0 aliphatic heterocycles. The van der Waals surface area contributed by atoms with Crippen LogP contribution in [0, 0.1) is 11.6 Å². The molecule has 1 heterocycles. The minimum absolute atomic E-state index is 0.00331. The molecule has 0 saturated carbocycles. The van der Waals surface area contributed by atoms with E-state index >= 15 is 0 Å². The number of hydrogen-bond donors (Lipinski definition) is 1. The van der Waals surface area contributed by atoms with Gasteiger partial charge in [0.2, 0.25) is 11.8 Å². The Bertz CT molecular complexity index is 723. The van der Waals surface area contributed by atoms with Gasteiger partial charge in [-0.3, -0.25) is 14.6 Å². The van der Waals surface area contributed by atoms with Crippen LogP contribution in [0.2, 0.25) is 0 Å². The highest BCUT2D eigenvalue weighted by Crippen LogP contribution is 2.15. The molecule has 0 radical (unpaired) electrons. The van der Waals surface area contributed by atoms with Gasteiger partial charge in [-0.25, -0.2) is 8.78 Å². The molecule has 1 N–H and O–H groups in total. The fourth-order valence-corrected chi connectivity index (χ4v) is 2.10. The molecule has 0 atom stereocenters. The zero-order chi connectivity index (χ0) is 17.5. The number of carbonyl (C=O) groups is 2. The maximum Gasteiger partial charge on any atom is 0.226 e. The number of nitrogens with one attached hydrogen (secondary N) is 1. The van der Waals surface area contributed by atoms with E-state index < -0.39 is 17.5 Å². The van der Waals surface area contributed by atoms with E-state index in [-0.39, 0.29) is 24.6 Å². The van der Waals surface area contributed by atoms with Crippen molar-refractivity contribution in [3.05, 3.63) is 59.9 Å². The second kappa shape index (κ2) is 8.14. The van der Waals surface area contributed by atoms with Gasteiger partial charge in [0.25, 0.3) is 0 Å². The van der Waals surface area contributed by atoms with Crippen LogP contribution in [0.5, 0.6) is 0 Å². The molecule has 2 rings (SSSR count). The molecule has 7 heteroatoms. The van der Waals surface area contributed by atoms with Gasteiger partial charge >= 0.3 is 0 Å². The molecule has 1 aromatic carbocycles. The van der Waals surface area contributed by atoms with E-state index in [1.807, 2.05) is 6.07 Å². The summed E-state index contributed by atoms with van der Waals surface area (Å²) in [5, 5.41) is 2.36. The lowest BCUT2D eigenvalue weighted by Crippen LogP contribution is -2.31. The van der Waals surface area contributed by atoms with E-state index in [2.05, 4.69) is 10.3 Å². The highest BCUT2D eigenvalue weighted by Gasteiger charge is 2.13. The number of nitrogens with zero attached hydrogens (tertiary/aromatic N) is 2. The molecule has 2 amide bonds. The SMILES string of the molecule is CC(=O)N(CCC(=O)Nc1ccc(F)cc1F)Cc1cccnc1. The summed E-state index contributed by atoms with van der Waals surface area (Å²) in [6, 6.07) is 6.50. The van der Waals surface area contributed by atoms with E-state index in [0.717, 1.165) is 17.7 Å². The number of benzene rings is 1. The van der Waals surface area contributed by atoms with Crippen LogP contribution >= 0.6 is 0 Å². The Balaban J connectivity index is 1.91. The Labute approximate surface area is 138 Å². The standard InChI is InChI=1S/C17H17F2N3O2/c1-12(23)22(11-13-3-2-7-20-10-13)8-6-17(24)21-16-5-4-14(18)9-15(16)19/h2-5,7,9-10H,6,8,11H2,1H3,(H,21,24). The molecular formula is C17H17F2N3O2. The van der Waals surface area contributed by atoms with Crippen molar-refractivity contribution in [1.82, 2.24) is 9.88 Å². The van der Waals surface area contributed by atoms with Crippen molar-refractivity contribution in [1.29, 1.82) is 0 Å².